The number of rotatable bonds is 6. The number of amides is 1. The molecule has 0 fully saturated rings. The van der Waals surface area contributed by atoms with E-state index in [2.05, 4.69) is 24.1 Å². The molecule has 4 nitrogen and oxygen atoms in total. The lowest BCUT2D eigenvalue weighted by molar-refractivity contribution is -0.120. The first-order valence-corrected chi connectivity index (χ1v) is 8.74. The standard InChI is InChI=1S/C15H21N3OS2.ClH/c1-10(2)15(3,9-16)18-13(19)8-20-14-17-11-6-4-5-7-12(11)21-14;/h4-7,10H,8-9,16H2,1-3H3,(H,18,19);1H. The van der Waals surface area contributed by atoms with Crippen molar-refractivity contribution in [2.24, 2.45) is 11.7 Å². The number of nitrogens with zero attached hydrogens (tertiary/aromatic N) is 1. The highest BCUT2D eigenvalue weighted by Gasteiger charge is 2.28. The second kappa shape index (κ2) is 8.15. The minimum absolute atomic E-state index is 0. The zero-order valence-corrected chi connectivity index (χ0v) is 15.4. The van der Waals surface area contributed by atoms with Gasteiger partial charge in [-0.05, 0) is 25.0 Å². The molecule has 0 aliphatic carbocycles. The molecule has 1 aromatic heterocycles. The van der Waals surface area contributed by atoms with Crippen molar-refractivity contribution in [3.8, 4) is 0 Å². The number of carbonyl (C=O) groups is 1. The summed E-state index contributed by atoms with van der Waals surface area (Å²) in [6.45, 7) is 6.54. The second-order valence-electron chi connectivity index (χ2n) is 5.56. The zero-order valence-electron chi connectivity index (χ0n) is 13.0. The molecule has 3 N–H and O–H groups in total. The number of hydrogen-bond acceptors (Lipinski definition) is 5. The van der Waals surface area contributed by atoms with Gasteiger partial charge in [0.2, 0.25) is 5.91 Å². The lowest BCUT2D eigenvalue weighted by atomic mass is 9.88. The Morgan fingerprint density at radius 3 is 2.73 bits per heavy atom. The maximum Gasteiger partial charge on any atom is 0.230 e. The molecule has 0 saturated carbocycles. The maximum absolute atomic E-state index is 12.1. The Labute approximate surface area is 145 Å². The highest BCUT2D eigenvalue weighted by Crippen LogP contribution is 2.29. The van der Waals surface area contributed by atoms with E-state index in [-0.39, 0.29) is 23.9 Å². The SMILES string of the molecule is CC(C)C(C)(CN)NC(=O)CSc1nc2ccccc2s1.Cl. The quantitative estimate of drug-likeness (QED) is 0.776. The van der Waals surface area contributed by atoms with E-state index in [9.17, 15) is 4.79 Å². The highest BCUT2D eigenvalue weighted by molar-refractivity contribution is 8.01. The molecule has 0 radical (unpaired) electrons. The van der Waals surface area contributed by atoms with Crippen molar-refractivity contribution < 1.29 is 4.79 Å². The number of thiazole rings is 1. The van der Waals surface area contributed by atoms with Crippen LogP contribution in [0.5, 0.6) is 0 Å². The van der Waals surface area contributed by atoms with E-state index in [1.54, 1.807) is 11.3 Å². The Balaban J connectivity index is 0.00000242. The van der Waals surface area contributed by atoms with Gasteiger partial charge in [-0.1, -0.05) is 37.7 Å². The summed E-state index contributed by atoms with van der Waals surface area (Å²) in [6, 6.07) is 8.00. The minimum Gasteiger partial charge on any atom is -0.349 e. The van der Waals surface area contributed by atoms with Gasteiger partial charge in [-0.3, -0.25) is 4.79 Å². The van der Waals surface area contributed by atoms with Crippen molar-refractivity contribution >= 4 is 51.6 Å². The Morgan fingerprint density at radius 2 is 2.14 bits per heavy atom. The van der Waals surface area contributed by atoms with E-state index < -0.39 is 0 Å². The third-order valence-electron chi connectivity index (χ3n) is 3.72. The van der Waals surface area contributed by atoms with E-state index in [1.165, 1.54) is 11.8 Å². The molecule has 7 heteroatoms. The first kappa shape index (κ1) is 19.2. The molecule has 2 rings (SSSR count). The molecular formula is C15H22ClN3OS2. The van der Waals surface area contributed by atoms with Gasteiger partial charge in [0.1, 0.15) is 0 Å². The van der Waals surface area contributed by atoms with Gasteiger partial charge in [0.15, 0.2) is 4.34 Å². The predicted octanol–water partition coefficient (Wildman–Crippen LogP) is 3.30. The van der Waals surface area contributed by atoms with E-state index in [0.717, 1.165) is 14.6 Å². The summed E-state index contributed by atoms with van der Waals surface area (Å²) in [5.41, 5.74) is 6.41. The minimum atomic E-state index is -0.356. The van der Waals surface area contributed by atoms with Crippen molar-refractivity contribution in [2.45, 2.75) is 30.6 Å². The van der Waals surface area contributed by atoms with E-state index in [4.69, 9.17) is 5.73 Å². The fraction of sp³-hybridized carbons (Fsp3) is 0.467. The fourth-order valence-corrected chi connectivity index (χ4v) is 3.69. The summed E-state index contributed by atoms with van der Waals surface area (Å²) < 4.78 is 2.07. The van der Waals surface area contributed by atoms with Crippen LogP contribution in [0.4, 0.5) is 0 Å². The molecular weight excluding hydrogens is 338 g/mol. The average Bonchev–Trinajstić information content (AvgIpc) is 2.87. The van der Waals surface area contributed by atoms with E-state index >= 15 is 0 Å². The normalized spacial score (nSPS) is 13.7. The van der Waals surface area contributed by atoms with Crippen molar-refractivity contribution in [2.75, 3.05) is 12.3 Å². The van der Waals surface area contributed by atoms with Crippen LogP contribution in [0.3, 0.4) is 0 Å². The van der Waals surface area contributed by atoms with Crippen LogP contribution in [0.1, 0.15) is 20.8 Å². The molecule has 1 aromatic carbocycles. The number of para-hydroxylation sites is 1. The molecule has 0 saturated heterocycles. The van der Waals surface area contributed by atoms with Crippen LogP contribution >= 0.6 is 35.5 Å². The van der Waals surface area contributed by atoms with Crippen molar-refractivity contribution in [1.82, 2.24) is 10.3 Å². The summed E-state index contributed by atoms with van der Waals surface area (Å²) in [5.74, 6) is 0.655. The summed E-state index contributed by atoms with van der Waals surface area (Å²) in [6.07, 6.45) is 0. The van der Waals surface area contributed by atoms with Gasteiger partial charge in [0, 0.05) is 6.54 Å². The summed E-state index contributed by atoms with van der Waals surface area (Å²) in [5, 5.41) is 3.04. The van der Waals surface area contributed by atoms with Crippen LogP contribution < -0.4 is 11.1 Å². The average molecular weight is 360 g/mol. The third kappa shape index (κ3) is 4.59. The van der Waals surface area contributed by atoms with Gasteiger partial charge < -0.3 is 11.1 Å². The Kier molecular flexibility index (Phi) is 7.12. The number of nitrogens with two attached hydrogens (primary N) is 1. The highest BCUT2D eigenvalue weighted by atomic mass is 35.5. The maximum atomic E-state index is 12.1. The van der Waals surface area contributed by atoms with Crippen molar-refractivity contribution in [1.29, 1.82) is 0 Å². The van der Waals surface area contributed by atoms with Crippen LogP contribution in [0.25, 0.3) is 10.2 Å². The van der Waals surface area contributed by atoms with E-state index in [1.807, 2.05) is 31.2 Å². The van der Waals surface area contributed by atoms with Crippen LogP contribution in [0.2, 0.25) is 0 Å². The second-order valence-corrected chi connectivity index (χ2v) is 7.81. The number of carbonyl (C=O) groups excluding carboxylic acids is 1. The van der Waals surface area contributed by atoms with Gasteiger partial charge in [-0.15, -0.1) is 23.7 Å². The molecule has 2 aromatic rings. The lowest BCUT2D eigenvalue weighted by Crippen LogP contribution is -2.55. The molecule has 0 bridgehead atoms. The Morgan fingerprint density at radius 1 is 1.45 bits per heavy atom. The summed E-state index contributed by atoms with van der Waals surface area (Å²) in [7, 11) is 0. The topological polar surface area (TPSA) is 68.0 Å². The first-order chi connectivity index (χ1) is 9.94. The van der Waals surface area contributed by atoms with Gasteiger partial charge in [-0.25, -0.2) is 4.98 Å². The van der Waals surface area contributed by atoms with Crippen molar-refractivity contribution in [3.05, 3.63) is 24.3 Å². The zero-order chi connectivity index (χ0) is 15.5. The number of aromatic nitrogens is 1. The molecule has 1 amide bonds. The number of fused-ring (bicyclic) bond motifs is 1. The number of halogens is 1. The predicted molar refractivity (Wildman–Crippen MR) is 98.0 cm³/mol. The van der Waals surface area contributed by atoms with Gasteiger partial charge in [-0.2, -0.15) is 0 Å². The third-order valence-corrected chi connectivity index (χ3v) is 5.90. The van der Waals surface area contributed by atoms with E-state index in [0.29, 0.717) is 18.2 Å². The summed E-state index contributed by atoms with van der Waals surface area (Å²) >= 11 is 3.09. The molecule has 1 atom stereocenters. The lowest BCUT2D eigenvalue weighted by Gasteiger charge is -2.33. The van der Waals surface area contributed by atoms with Crippen LogP contribution in [-0.2, 0) is 4.79 Å². The van der Waals surface area contributed by atoms with Gasteiger partial charge in [0.05, 0.1) is 21.5 Å². The van der Waals surface area contributed by atoms with Gasteiger partial charge >= 0.3 is 0 Å². The van der Waals surface area contributed by atoms with Crippen LogP contribution in [-0.4, -0.2) is 28.7 Å². The Bertz CT molecular complexity index is 599. The molecule has 122 valence electrons. The monoisotopic (exact) mass is 359 g/mol. The van der Waals surface area contributed by atoms with Crippen LogP contribution in [0.15, 0.2) is 28.6 Å². The summed E-state index contributed by atoms with van der Waals surface area (Å²) in [4.78, 5) is 16.6. The fourth-order valence-electron chi connectivity index (χ4n) is 1.83. The number of hydrogen-bond donors (Lipinski definition) is 2. The van der Waals surface area contributed by atoms with Gasteiger partial charge in [0.25, 0.3) is 0 Å². The molecule has 0 aliphatic heterocycles. The number of benzene rings is 1. The molecule has 1 unspecified atom stereocenters. The molecule has 1 heterocycles. The molecule has 0 aliphatic rings. The molecule has 22 heavy (non-hydrogen) atoms. The number of nitrogens with one attached hydrogen (secondary N) is 1. The van der Waals surface area contributed by atoms with Crippen molar-refractivity contribution in [3.63, 3.8) is 0 Å². The largest absolute Gasteiger partial charge is 0.349 e. The first-order valence-electron chi connectivity index (χ1n) is 6.94. The van der Waals surface area contributed by atoms with Crippen LogP contribution in [0, 0.1) is 5.92 Å². The number of thioether (sulfide) groups is 1. The smallest absolute Gasteiger partial charge is 0.230 e. The Hall–Kier alpha value is -0.820. The molecule has 0 spiro atoms.